The van der Waals surface area contributed by atoms with Gasteiger partial charge >= 0.3 is 0 Å². The number of nitrogens with zero attached hydrogens (tertiary/aromatic N) is 1. The molecule has 0 amide bonds. The van der Waals surface area contributed by atoms with Crippen molar-refractivity contribution in [1.29, 1.82) is 0 Å². The lowest BCUT2D eigenvalue weighted by molar-refractivity contribution is -0.0130. The lowest BCUT2D eigenvalue weighted by Crippen LogP contribution is -2.40. The molecule has 0 saturated carbocycles. The van der Waals surface area contributed by atoms with Crippen molar-refractivity contribution in [2.45, 2.75) is 36.6 Å². The predicted octanol–water partition coefficient (Wildman–Crippen LogP) is -2.53. The number of halogens is 1. The van der Waals surface area contributed by atoms with E-state index in [2.05, 4.69) is 0 Å². The van der Waals surface area contributed by atoms with E-state index in [1.807, 2.05) is 0 Å². The summed E-state index contributed by atoms with van der Waals surface area (Å²) in [5, 5.41) is 37.4. The zero-order valence-electron chi connectivity index (χ0n) is 7.49. The maximum absolute atomic E-state index is 13.1. The Balaban J connectivity index is 2.21. The molecule has 2 rings (SSSR count). The Hall–Kier alpha value is -0.270. The average Bonchev–Trinajstić information content (AvgIpc) is 2.54. The van der Waals surface area contributed by atoms with Crippen molar-refractivity contribution in [1.82, 2.24) is 4.90 Å². The first-order chi connectivity index (χ1) is 6.57. The van der Waals surface area contributed by atoms with Crippen LogP contribution in [0.25, 0.3) is 0 Å². The molecular weight excluding hydrogens is 193 g/mol. The Morgan fingerprint density at radius 2 is 1.79 bits per heavy atom. The molecule has 0 aromatic heterocycles. The Bertz CT molecular complexity index is 229. The minimum atomic E-state index is -1.42. The number of aliphatic hydroxyl groups is 4. The second-order valence-electron chi connectivity index (χ2n) is 3.93. The van der Waals surface area contributed by atoms with E-state index in [4.69, 9.17) is 5.11 Å². The van der Waals surface area contributed by atoms with Crippen molar-refractivity contribution in [2.24, 2.45) is 0 Å². The van der Waals surface area contributed by atoms with E-state index in [0.29, 0.717) is 0 Å². The van der Waals surface area contributed by atoms with Gasteiger partial charge in [0.05, 0.1) is 30.9 Å². The molecule has 6 heteroatoms. The van der Waals surface area contributed by atoms with E-state index in [1.165, 1.54) is 4.90 Å². The van der Waals surface area contributed by atoms with Gasteiger partial charge in [-0.1, -0.05) is 0 Å². The minimum absolute atomic E-state index is 0.0504. The van der Waals surface area contributed by atoms with E-state index in [-0.39, 0.29) is 13.2 Å². The lowest BCUT2D eigenvalue weighted by Gasteiger charge is -2.21. The van der Waals surface area contributed by atoms with Crippen molar-refractivity contribution < 1.29 is 24.8 Å². The molecule has 2 saturated heterocycles. The Morgan fingerprint density at radius 1 is 1.14 bits per heavy atom. The molecule has 0 spiro atoms. The molecule has 2 aliphatic rings. The number of rotatable bonds is 1. The van der Waals surface area contributed by atoms with Gasteiger partial charge in [0.15, 0.2) is 0 Å². The highest BCUT2D eigenvalue weighted by Crippen LogP contribution is 2.34. The van der Waals surface area contributed by atoms with Crippen molar-refractivity contribution in [3.63, 3.8) is 0 Å². The van der Waals surface area contributed by atoms with Crippen molar-refractivity contribution in [3.05, 3.63) is 0 Å². The van der Waals surface area contributed by atoms with Gasteiger partial charge in [-0.05, 0) is 0 Å². The molecule has 6 atom stereocenters. The van der Waals surface area contributed by atoms with Crippen LogP contribution in [0.1, 0.15) is 0 Å². The van der Waals surface area contributed by atoms with Crippen molar-refractivity contribution in [3.8, 4) is 0 Å². The maximum Gasteiger partial charge on any atom is 0.140 e. The summed E-state index contributed by atoms with van der Waals surface area (Å²) in [5.41, 5.74) is 0. The molecule has 0 radical (unpaired) electrons. The largest absolute Gasteiger partial charge is 0.395 e. The molecule has 2 aliphatic heterocycles. The van der Waals surface area contributed by atoms with Crippen LogP contribution in [0.3, 0.4) is 0 Å². The van der Waals surface area contributed by atoms with Crippen LogP contribution in [-0.4, -0.2) is 75.0 Å². The zero-order chi connectivity index (χ0) is 10.5. The molecule has 82 valence electrons. The van der Waals surface area contributed by atoms with Crippen LogP contribution < -0.4 is 0 Å². The predicted molar refractivity (Wildman–Crippen MR) is 44.3 cm³/mol. The lowest BCUT2D eigenvalue weighted by atomic mass is 10.0. The van der Waals surface area contributed by atoms with E-state index in [0.717, 1.165) is 0 Å². The van der Waals surface area contributed by atoms with Gasteiger partial charge in [0.25, 0.3) is 0 Å². The van der Waals surface area contributed by atoms with Gasteiger partial charge in [0.1, 0.15) is 12.3 Å². The Kier molecular flexibility index (Phi) is 2.48. The highest BCUT2D eigenvalue weighted by atomic mass is 19.1. The number of aliphatic hydroxyl groups excluding tert-OH is 4. The summed E-state index contributed by atoms with van der Waals surface area (Å²) in [6.45, 7) is -0.403. The van der Waals surface area contributed by atoms with Gasteiger partial charge in [-0.15, -0.1) is 0 Å². The number of alkyl halides is 1. The summed E-state index contributed by atoms with van der Waals surface area (Å²) in [6, 6.07) is -1.47. The highest BCUT2D eigenvalue weighted by molar-refractivity contribution is 5.09. The molecule has 0 bridgehead atoms. The average molecular weight is 207 g/mol. The SMILES string of the molecule is OC[C@@H]1[C@@H](O)[C@H](O)[C@H]2[C@@H](O)[C@@H](F)CN21. The molecular formula is C8H14FNO4. The van der Waals surface area contributed by atoms with E-state index < -0.39 is 36.6 Å². The molecule has 14 heavy (non-hydrogen) atoms. The third kappa shape index (κ3) is 1.19. The van der Waals surface area contributed by atoms with Gasteiger partial charge in [0, 0.05) is 6.54 Å². The summed E-state index contributed by atoms with van der Waals surface area (Å²) in [5.74, 6) is 0. The van der Waals surface area contributed by atoms with Gasteiger partial charge < -0.3 is 20.4 Å². The first-order valence-electron chi connectivity index (χ1n) is 4.62. The van der Waals surface area contributed by atoms with Crippen LogP contribution in [0.5, 0.6) is 0 Å². The van der Waals surface area contributed by atoms with Gasteiger partial charge in [-0.2, -0.15) is 0 Å². The van der Waals surface area contributed by atoms with Crippen LogP contribution in [0.15, 0.2) is 0 Å². The molecule has 4 N–H and O–H groups in total. The topological polar surface area (TPSA) is 84.2 Å². The van der Waals surface area contributed by atoms with E-state index >= 15 is 0 Å². The summed E-state index contributed by atoms with van der Waals surface area (Å²) < 4.78 is 13.1. The van der Waals surface area contributed by atoms with E-state index in [9.17, 15) is 19.7 Å². The third-order valence-electron chi connectivity index (χ3n) is 3.20. The van der Waals surface area contributed by atoms with Crippen LogP contribution in [0, 0.1) is 0 Å². The van der Waals surface area contributed by atoms with Crippen LogP contribution in [0.2, 0.25) is 0 Å². The second-order valence-corrected chi connectivity index (χ2v) is 3.93. The van der Waals surface area contributed by atoms with Crippen molar-refractivity contribution >= 4 is 0 Å². The Morgan fingerprint density at radius 3 is 2.36 bits per heavy atom. The maximum atomic E-state index is 13.1. The fraction of sp³-hybridized carbons (Fsp3) is 1.00. The van der Waals surface area contributed by atoms with E-state index in [1.54, 1.807) is 0 Å². The summed E-state index contributed by atoms with van der Waals surface area (Å²) >= 11 is 0. The summed E-state index contributed by atoms with van der Waals surface area (Å²) in [7, 11) is 0. The van der Waals surface area contributed by atoms with Crippen LogP contribution in [-0.2, 0) is 0 Å². The Labute approximate surface area is 80.4 Å². The van der Waals surface area contributed by atoms with Gasteiger partial charge in [0.2, 0.25) is 0 Å². The molecule has 0 aromatic rings. The molecule has 0 unspecified atom stereocenters. The van der Waals surface area contributed by atoms with Crippen molar-refractivity contribution in [2.75, 3.05) is 13.2 Å². The molecule has 2 heterocycles. The molecule has 0 aromatic carbocycles. The first-order valence-corrected chi connectivity index (χ1v) is 4.62. The monoisotopic (exact) mass is 207 g/mol. The molecule has 5 nitrogen and oxygen atoms in total. The number of fused-ring (bicyclic) bond motifs is 1. The number of hydrogen-bond acceptors (Lipinski definition) is 5. The third-order valence-corrected chi connectivity index (χ3v) is 3.20. The first kappa shape index (κ1) is 10.3. The standard InChI is InChI=1S/C8H14FNO4/c9-3-1-10-4(2-11)7(13)8(14)5(10)6(3)12/h3-8,11-14H,1-2H2/t3-,4+,5+,6-,7+,8+/m0/s1. The fourth-order valence-electron chi connectivity index (χ4n) is 2.43. The summed E-state index contributed by atoms with van der Waals surface area (Å²) in [4.78, 5) is 1.44. The van der Waals surface area contributed by atoms with Gasteiger partial charge in [-0.3, -0.25) is 4.90 Å². The second kappa shape index (κ2) is 3.39. The quantitative estimate of drug-likeness (QED) is 0.381. The fourth-order valence-corrected chi connectivity index (χ4v) is 2.43. The molecule has 0 aliphatic carbocycles. The highest BCUT2D eigenvalue weighted by Gasteiger charge is 2.56. The van der Waals surface area contributed by atoms with Gasteiger partial charge in [-0.25, -0.2) is 4.39 Å². The summed E-state index contributed by atoms with van der Waals surface area (Å²) in [6.07, 6.45) is -5.01. The minimum Gasteiger partial charge on any atom is -0.395 e. The van der Waals surface area contributed by atoms with Crippen LogP contribution in [0.4, 0.5) is 4.39 Å². The van der Waals surface area contributed by atoms with Crippen LogP contribution >= 0.6 is 0 Å². The smallest absolute Gasteiger partial charge is 0.140 e. The molecule has 2 fully saturated rings. The number of hydrogen-bond donors (Lipinski definition) is 4. The zero-order valence-corrected chi connectivity index (χ0v) is 7.49. The normalized spacial score (nSPS) is 53.8.